The van der Waals surface area contributed by atoms with E-state index in [1.807, 2.05) is 17.0 Å². The van der Waals surface area contributed by atoms with Crippen LogP contribution in [0, 0.1) is 5.92 Å². The third-order valence-corrected chi connectivity index (χ3v) is 7.32. The Hall–Kier alpha value is -3.00. The number of amides is 1. The Morgan fingerprint density at radius 3 is 2.71 bits per heavy atom. The van der Waals surface area contributed by atoms with Gasteiger partial charge in [0.1, 0.15) is 5.82 Å². The average molecular weight is 467 g/mol. The first-order chi connectivity index (χ1) is 16.6. The molecule has 8 nitrogen and oxygen atoms in total. The van der Waals surface area contributed by atoms with Gasteiger partial charge in [-0.2, -0.15) is 0 Å². The molecule has 0 N–H and O–H groups in total. The summed E-state index contributed by atoms with van der Waals surface area (Å²) in [7, 11) is 1.80. The number of benzene rings is 1. The highest BCUT2D eigenvalue weighted by molar-refractivity contribution is 5.76. The molecule has 0 aliphatic carbocycles. The lowest BCUT2D eigenvalue weighted by Gasteiger charge is -2.37. The number of piperazine rings is 1. The van der Waals surface area contributed by atoms with E-state index < -0.39 is 0 Å². The fraction of sp³-hybridized carbons (Fsp3) is 0.538. The largest absolute Gasteiger partial charge is 0.454 e. The van der Waals surface area contributed by atoms with Crippen molar-refractivity contribution in [1.29, 1.82) is 0 Å². The first kappa shape index (κ1) is 22.8. The average Bonchev–Trinajstić information content (AvgIpc) is 3.33. The minimum absolute atomic E-state index is 0.00522. The Labute approximate surface area is 200 Å². The number of nitrogens with zero attached hydrogens (tertiary/aromatic N) is 4. The van der Waals surface area contributed by atoms with Gasteiger partial charge in [-0.1, -0.05) is 12.1 Å². The van der Waals surface area contributed by atoms with Crippen LogP contribution in [0.5, 0.6) is 11.5 Å². The van der Waals surface area contributed by atoms with Crippen LogP contribution in [0.2, 0.25) is 0 Å². The molecule has 1 aromatic heterocycles. The summed E-state index contributed by atoms with van der Waals surface area (Å²) in [5, 5.41) is 0. The molecule has 182 valence electrons. The van der Waals surface area contributed by atoms with Gasteiger partial charge >= 0.3 is 0 Å². The van der Waals surface area contributed by atoms with E-state index in [1.54, 1.807) is 23.7 Å². The fourth-order valence-electron chi connectivity index (χ4n) is 5.39. The topological polar surface area (TPSA) is 67.2 Å². The number of fused-ring (bicyclic) bond motifs is 1. The Balaban J connectivity index is 1.07. The highest BCUT2D eigenvalue weighted by atomic mass is 16.7. The molecule has 2 saturated heterocycles. The van der Waals surface area contributed by atoms with Crippen molar-refractivity contribution in [1.82, 2.24) is 14.4 Å². The lowest BCUT2D eigenvalue weighted by Crippen LogP contribution is -2.50. The summed E-state index contributed by atoms with van der Waals surface area (Å²) in [6.07, 6.45) is 4.01. The van der Waals surface area contributed by atoms with Gasteiger partial charge in [-0.3, -0.25) is 14.2 Å². The van der Waals surface area contributed by atoms with E-state index in [1.165, 1.54) is 18.4 Å². The van der Waals surface area contributed by atoms with Crippen LogP contribution in [-0.2, 0) is 18.3 Å². The number of rotatable bonds is 6. The standard InChI is InChI=1S/C26H34N4O4/c1-27-24(5-2-6-25(27)31)29-12-14-30(15-13-29)26(32)9-11-28-10-3-4-21(18-28)16-20-7-8-22-23(17-20)34-19-33-22/h2,5-8,17,21H,3-4,9-16,18-19H2,1H3. The molecule has 4 heterocycles. The van der Waals surface area contributed by atoms with Crippen LogP contribution in [-0.4, -0.2) is 72.9 Å². The van der Waals surface area contributed by atoms with E-state index in [0.29, 0.717) is 32.2 Å². The highest BCUT2D eigenvalue weighted by Gasteiger charge is 2.25. The molecular weight excluding hydrogens is 432 g/mol. The zero-order valence-electron chi connectivity index (χ0n) is 19.9. The molecule has 1 aromatic carbocycles. The number of anilines is 1. The molecule has 3 aliphatic rings. The number of carbonyl (C=O) groups is 1. The first-order valence-corrected chi connectivity index (χ1v) is 12.4. The number of hydrogen-bond donors (Lipinski definition) is 0. The Kier molecular flexibility index (Phi) is 6.76. The Morgan fingerprint density at radius 2 is 1.85 bits per heavy atom. The number of pyridine rings is 1. The highest BCUT2D eigenvalue weighted by Crippen LogP contribution is 2.33. The van der Waals surface area contributed by atoms with Crippen molar-refractivity contribution < 1.29 is 14.3 Å². The summed E-state index contributed by atoms with van der Waals surface area (Å²) in [5.41, 5.74) is 1.29. The maximum Gasteiger partial charge on any atom is 0.251 e. The summed E-state index contributed by atoms with van der Waals surface area (Å²) < 4.78 is 12.6. The van der Waals surface area contributed by atoms with Crippen molar-refractivity contribution in [2.24, 2.45) is 13.0 Å². The fourth-order valence-corrected chi connectivity index (χ4v) is 5.39. The molecule has 34 heavy (non-hydrogen) atoms. The van der Waals surface area contributed by atoms with E-state index in [2.05, 4.69) is 21.9 Å². The Bertz CT molecular complexity index is 1080. The van der Waals surface area contributed by atoms with E-state index >= 15 is 0 Å². The monoisotopic (exact) mass is 466 g/mol. The van der Waals surface area contributed by atoms with Crippen molar-refractivity contribution in [3.63, 3.8) is 0 Å². The van der Waals surface area contributed by atoms with E-state index in [-0.39, 0.29) is 11.5 Å². The van der Waals surface area contributed by atoms with E-state index in [9.17, 15) is 9.59 Å². The van der Waals surface area contributed by atoms with Gasteiger partial charge in [-0.25, -0.2) is 0 Å². The van der Waals surface area contributed by atoms with Crippen LogP contribution in [0.25, 0.3) is 0 Å². The maximum absolute atomic E-state index is 12.9. The molecule has 5 rings (SSSR count). The second-order valence-electron chi connectivity index (χ2n) is 9.60. The summed E-state index contributed by atoms with van der Waals surface area (Å²) >= 11 is 0. The molecular formula is C26H34N4O4. The van der Waals surface area contributed by atoms with Crippen molar-refractivity contribution >= 4 is 11.7 Å². The third kappa shape index (κ3) is 5.06. The number of carbonyl (C=O) groups excluding carboxylic acids is 1. The Morgan fingerprint density at radius 1 is 1.03 bits per heavy atom. The third-order valence-electron chi connectivity index (χ3n) is 7.32. The lowest BCUT2D eigenvalue weighted by atomic mass is 9.91. The van der Waals surface area contributed by atoms with Crippen LogP contribution < -0.4 is 19.9 Å². The lowest BCUT2D eigenvalue weighted by molar-refractivity contribution is -0.131. The quantitative estimate of drug-likeness (QED) is 0.650. The van der Waals surface area contributed by atoms with Gasteiger partial charge in [-0.05, 0) is 55.5 Å². The predicted molar refractivity (Wildman–Crippen MR) is 131 cm³/mol. The van der Waals surface area contributed by atoms with Crippen LogP contribution in [0.4, 0.5) is 5.82 Å². The molecule has 3 aliphatic heterocycles. The minimum atomic E-state index is -0.00522. The van der Waals surface area contributed by atoms with Gasteiger partial charge in [-0.15, -0.1) is 0 Å². The molecule has 8 heteroatoms. The summed E-state index contributed by atoms with van der Waals surface area (Å²) in [5.74, 6) is 3.44. The van der Waals surface area contributed by atoms with Crippen molar-refractivity contribution in [3.8, 4) is 11.5 Å². The van der Waals surface area contributed by atoms with Gasteiger partial charge in [0.2, 0.25) is 12.7 Å². The van der Waals surface area contributed by atoms with Crippen molar-refractivity contribution in [2.45, 2.75) is 25.7 Å². The molecule has 0 bridgehead atoms. The molecule has 1 amide bonds. The first-order valence-electron chi connectivity index (χ1n) is 12.4. The number of aromatic nitrogens is 1. The van der Waals surface area contributed by atoms with Crippen LogP contribution in [0.1, 0.15) is 24.8 Å². The van der Waals surface area contributed by atoms with Crippen LogP contribution >= 0.6 is 0 Å². The number of likely N-dealkylation sites (tertiary alicyclic amines) is 1. The summed E-state index contributed by atoms with van der Waals surface area (Å²) in [6, 6.07) is 11.6. The molecule has 1 atom stereocenters. The molecule has 0 spiro atoms. The maximum atomic E-state index is 12.9. The number of piperidine rings is 1. The van der Waals surface area contributed by atoms with Crippen LogP contribution in [0.15, 0.2) is 41.2 Å². The zero-order chi connectivity index (χ0) is 23.5. The molecule has 2 fully saturated rings. The predicted octanol–water partition coefficient (Wildman–Crippen LogP) is 2.11. The van der Waals surface area contributed by atoms with Gasteiger partial charge in [0.25, 0.3) is 5.56 Å². The zero-order valence-corrected chi connectivity index (χ0v) is 19.9. The molecule has 0 radical (unpaired) electrons. The van der Waals surface area contributed by atoms with Gasteiger partial charge in [0, 0.05) is 58.8 Å². The number of hydrogen-bond acceptors (Lipinski definition) is 6. The van der Waals surface area contributed by atoms with Crippen molar-refractivity contribution in [2.75, 3.05) is 57.5 Å². The van der Waals surface area contributed by atoms with E-state index in [4.69, 9.17) is 9.47 Å². The smallest absolute Gasteiger partial charge is 0.251 e. The summed E-state index contributed by atoms with van der Waals surface area (Å²) in [4.78, 5) is 31.4. The minimum Gasteiger partial charge on any atom is -0.454 e. The van der Waals surface area contributed by atoms with Gasteiger partial charge in [0.15, 0.2) is 11.5 Å². The summed E-state index contributed by atoms with van der Waals surface area (Å²) in [6.45, 7) is 6.16. The second-order valence-corrected chi connectivity index (χ2v) is 9.60. The number of ether oxygens (including phenoxy) is 2. The SMILES string of the molecule is Cn1c(N2CCN(C(=O)CCN3CCCC(Cc4ccc5c(c4)OCO5)C3)CC2)cccc1=O. The van der Waals surface area contributed by atoms with Gasteiger partial charge < -0.3 is 24.2 Å². The molecule has 0 saturated carbocycles. The van der Waals surface area contributed by atoms with E-state index in [0.717, 1.165) is 56.5 Å². The van der Waals surface area contributed by atoms with Crippen LogP contribution in [0.3, 0.4) is 0 Å². The van der Waals surface area contributed by atoms with Gasteiger partial charge in [0.05, 0.1) is 0 Å². The molecule has 2 aromatic rings. The van der Waals surface area contributed by atoms with Crippen molar-refractivity contribution in [3.05, 3.63) is 52.3 Å². The second kappa shape index (κ2) is 10.1. The normalized spacial score (nSPS) is 20.6. The molecule has 1 unspecified atom stereocenters.